The van der Waals surface area contributed by atoms with Gasteiger partial charge in [0.05, 0.1) is 0 Å². The molecular formula is C12H16N2O3. The number of ether oxygens (including phenoxy) is 1. The average Bonchev–Trinajstić information content (AvgIpc) is 2.47. The highest BCUT2D eigenvalue weighted by Gasteiger charge is 2.59. The Bertz CT molecular complexity index is 433. The molecule has 17 heavy (non-hydrogen) atoms. The average molecular weight is 236 g/mol. The van der Waals surface area contributed by atoms with Crippen LogP contribution in [-0.4, -0.2) is 33.4 Å². The highest BCUT2D eigenvalue weighted by Crippen LogP contribution is 2.44. The fourth-order valence-corrected chi connectivity index (χ4v) is 2.18. The largest absolute Gasteiger partial charge is 0.433 e. The summed E-state index contributed by atoms with van der Waals surface area (Å²) in [5, 5.41) is 10.5. The summed E-state index contributed by atoms with van der Waals surface area (Å²) < 4.78 is 5.35. The van der Waals surface area contributed by atoms with Crippen molar-refractivity contribution in [3.8, 4) is 0 Å². The summed E-state index contributed by atoms with van der Waals surface area (Å²) in [6, 6.07) is 3.53. The zero-order valence-corrected chi connectivity index (χ0v) is 10.2. The van der Waals surface area contributed by atoms with Crippen LogP contribution < -0.4 is 0 Å². The van der Waals surface area contributed by atoms with Crippen molar-refractivity contribution in [1.29, 1.82) is 0 Å². The van der Waals surface area contributed by atoms with Crippen molar-refractivity contribution in [3.05, 3.63) is 30.1 Å². The molecule has 1 amide bonds. The third-order valence-electron chi connectivity index (χ3n) is 3.47. The fourth-order valence-electron chi connectivity index (χ4n) is 2.18. The van der Waals surface area contributed by atoms with Crippen molar-refractivity contribution in [2.24, 2.45) is 0 Å². The Hall–Kier alpha value is -1.62. The van der Waals surface area contributed by atoms with Gasteiger partial charge < -0.3 is 9.84 Å². The van der Waals surface area contributed by atoms with E-state index < -0.39 is 17.4 Å². The van der Waals surface area contributed by atoms with Crippen LogP contribution in [0.4, 0.5) is 4.79 Å². The van der Waals surface area contributed by atoms with Crippen LogP contribution in [0.15, 0.2) is 24.5 Å². The van der Waals surface area contributed by atoms with Gasteiger partial charge in [-0.3, -0.25) is 9.88 Å². The molecule has 1 saturated heterocycles. The van der Waals surface area contributed by atoms with Gasteiger partial charge in [-0.2, -0.15) is 0 Å². The van der Waals surface area contributed by atoms with Crippen LogP contribution in [0.2, 0.25) is 0 Å². The maximum absolute atomic E-state index is 11.7. The van der Waals surface area contributed by atoms with Gasteiger partial charge >= 0.3 is 6.09 Å². The monoisotopic (exact) mass is 236 g/mol. The summed E-state index contributed by atoms with van der Waals surface area (Å²) in [4.78, 5) is 17.0. The van der Waals surface area contributed by atoms with E-state index >= 15 is 0 Å². The summed E-state index contributed by atoms with van der Waals surface area (Å²) in [6.07, 6.45) is 2.72. The van der Waals surface area contributed by atoms with Crippen LogP contribution >= 0.6 is 0 Å². The molecule has 2 atom stereocenters. The van der Waals surface area contributed by atoms with E-state index in [0.29, 0.717) is 12.1 Å². The molecule has 0 bridgehead atoms. The number of carbonyl (C=O) groups is 1. The Morgan fingerprint density at radius 3 is 2.71 bits per heavy atom. The quantitative estimate of drug-likeness (QED) is 0.844. The molecule has 1 aromatic rings. The van der Waals surface area contributed by atoms with E-state index in [1.807, 2.05) is 0 Å². The number of carbonyl (C=O) groups excluding carboxylic acids is 1. The molecule has 1 N–H and O–H groups in total. The van der Waals surface area contributed by atoms with Gasteiger partial charge in [-0.05, 0) is 26.8 Å². The van der Waals surface area contributed by atoms with Gasteiger partial charge in [0.15, 0.2) is 11.3 Å². The topological polar surface area (TPSA) is 62.7 Å². The van der Waals surface area contributed by atoms with E-state index in [1.165, 1.54) is 4.90 Å². The van der Waals surface area contributed by atoms with E-state index in [4.69, 9.17) is 4.74 Å². The van der Waals surface area contributed by atoms with E-state index in [-0.39, 0.29) is 0 Å². The minimum absolute atomic E-state index is 0.391. The van der Waals surface area contributed by atoms with Gasteiger partial charge in [-0.15, -0.1) is 0 Å². The first kappa shape index (κ1) is 11.9. The maximum atomic E-state index is 11.7. The first-order valence-electron chi connectivity index (χ1n) is 5.57. The smallest absolute Gasteiger partial charge is 0.413 e. The Balaban J connectivity index is 2.49. The number of hydrogen-bond acceptors (Lipinski definition) is 4. The minimum atomic E-state index is -1.39. The standard InChI is InChI=1S/C12H16N2O3/c1-4-14-10(15)17-11(2,12(14,3)16)9-6-5-7-13-8-9/h5-8,16H,4H2,1-3H3/t11-,12+/m1/s1. The first-order chi connectivity index (χ1) is 7.93. The minimum Gasteiger partial charge on any atom is -0.433 e. The second-order valence-electron chi connectivity index (χ2n) is 4.41. The lowest BCUT2D eigenvalue weighted by Crippen LogP contribution is -2.53. The molecule has 92 valence electrons. The van der Waals surface area contributed by atoms with Gasteiger partial charge in [0.1, 0.15) is 0 Å². The lowest BCUT2D eigenvalue weighted by molar-refractivity contribution is -0.140. The van der Waals surface area contributed by atoms with Crippen molar-refractivity contribution in [2.45, 2.75) is 32.1 Å². The van der Waals surface area contributed by atoms with E-state index in [9.17, 15) is 9.90 Å². The normalized spacial score (nSPS) is 32.7. The zero-order chi connectivity index (χ0) is 12.7. The molecule has 5 nitrogen and oxygen atoms in total. The molecule has 2 rings (SSSR count). The van der Waals surface area contributed by atoms with Gasteiger partial charge in [-0.1, -0.05) is 6.07 Å². The number of rotatable bonds is 2. The van der Waals surface area contributed by atoms with Crippen LogP contribution in [0.3, 0.4) is 0 Å². The molecule has 1 aromatic heterocycles. The summed E-state index contributed by atoms with van der Waals surface area (Å²) in [5.74, 6) is 0. The summed E-state index contributed by atoms with van der Waals surface area (Å²) in [5.41, 5.74) is -1.81. The van der Waals surface area contributed by atoms with Crippen LogP contribution in [0.5, 0.6) is 0 Å². The van der Waals surface area contributed by atoms with E-state index in [2.05, 4.69) is 4.98 Å². The van der Waals surface area contributed by atoms with Crippen LogP contribution in [-0.2, 0) is 10.3 Å². The van der Waals surface area contributed by atoms with Crippen molar-refractivity contribution in [3.63, 3.8) is 0 Å². The molecule has 0 aliphatic carbocycles. The summed E-state index contributed by atoms with van der Waals surface area (Å²) in [7, 11) is 0. The Morgan fingerprint density at radius 2 is 2.24 bits per heavy atom. The van der Waals surface area contributed by atoms with Crippen LogP contribution in [0, 0.1) is 0 Å². The molecule has 2 heterocycles. The maximum Gasteiger partial charge on any atom is 0.413 e. The van der Waals surface area contributed by atoms with Crippen molar-refractivity contribution < 1.29 is 14.6 Å². The second kappa shape index (κ2) is 3.70. The number of amides is 1. The number of cyclic esters (lactones) is 1. The number of aromatic nitrogens is 1. The first-order valence-corrected chi connectivity index (χ1v) is 5.57. The van der Waals surface area contributed by atoms with Crippen molar-refractivity contribution >= 4 is 6.09 Å². The van der Waals surface area contributed by atoms with Crippen molar-refractivity contribution in [2.75, 3.05) is 6.54 Å². The molecule has 0 spiro atoms. The Morgan fingerprint density at radius 1 is 1.53 bits per heavy atom. The molecule has 1 aliphatic rings. The Kier molecular flexibility index (Phi) is 2.58. The molecule has 5 heteroatoms. The van der Waals surface area contributed by atoms with Crippen LogP contribution in [0.25, 0.3) is 0 Å². The van der Waals surface area contributed by atoms with E-state index in [0.717, 1.165) is 0 Å². The number of hydrogen-bond donors (Lipinski definition) is 1. The molecule has 0 aromatic carbocycles. The number of nitrogens with zero attached hydrogens (tertiary/aromatic N) is 2. The molecular weight excluding hydrogens is 220 g/mol. The van der Waals surface area contributed by atoms with Crippen LogP contribution in [0.1, 0.15) is 26.3 Å². The van der Waals surface area contributed by atoms with Crippen molar-refractivity contribution in [1.82, 2.24) is 9.88 Å². The third-order valence-corrected chi connectivity index (χ3v) is 3.47. The molecule has 0 unspecified atom stereocenters. The third kappa shape index (κ3) is 1.50. The molecule has 1 aliphatic heterocycles. The SMILES string of the molecule is CCN1C(=O)O[C@](C)(c2cccnc2)[C@]1(C)O. The van der Waals surface area contributed by atoms with Gasteiger partial charge in [0.2, 0.25) is 0 Å². The molecule has 0 saturated carbocycles. The highest BCUT2D eigenvalue weighted by atomic mass is 16.6. The molecule has 0 radical (unpaired) electrons. The predicted molar refractivity (Wildman–Crippen MR) is 61.1 cm³/mol. The lowest BCUT2D eigenvalue weighted by atomic mass is 9.87. The predicted octanol–water partition coefficient (Wildman–Crippen LogP) is 1.48. The Labute approximate surface area is 100 Å². The van der Waals surface area contributed by atoms with Gasteiger partial charge in [-0.25, -0.2) is 4.79 Å². The summed E-state index contributed by atoms with van der Waals surface area (Å²) >= 11 is 0. The summed E-state index contributed by atoms with van der Waals surface area (Å²) in [6.45, 7) is 5.46. The number of aliphatic hydroxyl groups is 1. The fraction of sp³-hybridized carbons (Fsp3) is 0.500. The molecule has 1 fully saturated rings. The second-order valence-corrected chi connectivity index (χ2v) is 4.41. The van der Waals surface area contributed by atoms with Gasteiger partial charge in [0.25, 0.3) is 0 Å². The van der Waals surface area contributed by atoms with E-state index in [1.54, 1.807) is 45.3 Å². The number of likely N-dealkylation sites (N-methyl/N-ethyl adjacent to an activating group) is 1. The number of pyridine rings is 1. The zero-order valence-electron chi connectivity index (χ0n) is 10.2. The highest BCUT2D eigenvalue weighted by molar-refractivity contribution is 5.72. The lowest BCUT2D eigenvalue weighted by Gasteiger charge is -2.37. The van der Waals surface area contributed by atoms with Gasteiger partial charge in [0, 0.05) is 24.5 Å².